The number of nitrogens with zero attached hydrogens (tertiary/aromatic N) is 5. The van der Waals surface area contributed by atoms with Crippen LogP contribution in [0, 0.1) is 17.6 Å². The van der Waals surface area contributed by atoms with Gasteiger partial charge in [0.2, 0.25) is 5.91 Å². The maximum atomic E-state index is 14.1. The van der Waals surface area contributed by atoms with Crippen molar-refractivity contribution in [3.8, 4) is 5.75 Å². The first-order valence-electron chi connectivity index (χ1n) is 12.1. The van der Waals surface area contributed by atoms with E-state index in [2.05, 4.69) is 28.9 Å². The molecule has 0 saturated carbocycles. The number of amides is 1. The molecule has 0 radical (unpaired) electrons. The summed E-state index contributed by atoms with van der Waals surface area (Å²) in [5.74, 6) is 0.661. The maximum Gasteiger partial charge on any atom is 0.233 e. The van der Waals surface area contributed by atoms with E-state index in [-0.39, 0.29) is 23.2 Å². The molecule has 3 aromatic rings. The van der Waals surface area contributed by atoms with Gasteiger partial charge in [-0.25, -0.2) is 8.78 Å². The first-order valence-corrected chi connectivity index (χ1v) is 13.1. The van der Waals surface area contributed by atoms with Gasteiger partial charge in [0.25, 0.3) is 0 Å². The van der Waals surface area contributed by atoms with Crippen LogP contribution in [0.1, 0.15) is 32.7 Å². The highest BCUT2D eigenvalue weighted by atomic mass is 32.2. The van der Waals surface area contributed by atoms with Crippen molar-refractivity contribution in [2.75, 3.05) is 36.8 Å². The molecule has 36 heavy (non-hydrogen) atoms. The lowest BCUT2D eigenvalue weighted by Crippen LogP contribution is -2.49. The minimum Gasteiger partial charge on any atom is -0.480 e. The van der Waals surface area contributed by atoms with Gasteiger partial charge in [-0.2, -0.15) is 0 Å². The molecule has 1 amide bonds. The van der Waals surface area contributed by atoms with Gasteiger partial charge in [-0.3, -0.25) is 4.79 Å². The van der Waals surface area contributed by atoms with Gasteiger partial charge in [0, 0.05) is 38.4 Å². The number of piperazine rings is 1. The van der Waals surface area contributed by atoms with Crippen molar-refractivity contribution in [1.82, 2.24) is 19.7 Å². The predicted octanol–water partition coefficient (Wildman–Crippen LogP) is 4.79. The summed E-state index contributed by atoms with van der Waals surface area (Å²) in [5, 5.41) is 9.28. The molecule has 1 atom stereocenters. The van der Waals surface area contributed by atoms with Gasteiger partial charge in [-0.1, -0.05) is 37.7 Å². The summed E-state index contributed by atoms with van der Waals surface area (Å²) in [5.41, 5.74) is 0.957. The highest BCUT2D eigenvalue weighted by molar-refractivity contribution is 7.99. The van der Waals surface area contributed by atoms with Gasteiger partial charge in [-0.15, -0.1) is 10.2 Å². The number of hydrogen-bond donors (Lipinski definition) is 0. The van der Waals surface area contributed by atoms with Crippen LogP contribution in [-0.4, -0.2) is 57.5 Å². The molecule has 10 heteroatoms. The molecule has 1 aromatic heterocycles. The van der Waals surface area contributed by atoms with Crippen molar-refractivity contribution < 1.29 is 18.3 Å². The van der Waals surface area contributed by atoms with E-state index in [1.807, 2.05) is 16.4 Å². The Bertz CT molecular complexity index is 1160. The topological polar surface area (TPSA) is 63.5 Å². The minimum absolute atomic E-state index is 0.0371. The Labute approximate surface area is 214 Å². The first kappa shape index (κ1) is 25.9. The molecule has 192 valence electrons. The molecule has 7 nitrogen and oxygen atoms in total. The number of hydrogen-bond acceptors (Lipinski definition) is 6. The van der Waals surface area contributed by atoms with Crippen LogP contribution in [0.2, 0.25) is 0 Å². The van der Waals surface area contributed by atoms with Crippen molar-refractivity contribution >= 4 is 23.4 Å². The van der Waals surface area contributed by atoms with Crippen LogP contribution in [0.25, 0.3) is 0 Å². The largest absolute Gasteiger partial charge is 0.480 e. The van der Waals surface area contributed by atoms with Crippen molar-refractivity contribution in [2.45, 2.75) is 38.6 Å². The van der Waals surface area contributed by atoms with E-state index >= 15 is 0 Å². The van der Waals surface area contributed by atoms with Crippen LogP contribution in [0.5, 0.6) is 5.75 Å². The van der Waals surface area contributed by atoms with Gasteiger partial charge >= 0.3 is 0 Å². The van der Waals surface area contributed by atoms with E-state index in [1.165, 1.54) is 30.0 Å². The van der Waals surface area contributed by atoms with Gasteiger partial charge < -0.3 is 19.1 Å². The molecule has 0 aliphatic carbocycles. The molecule has 2 heterocycles. The summed E-state index contributed by atoms with van der Waals surface area (Å²) in [4.78, 5) is 16.9. The number of halogens is 2. The molecule has 0 N–H and O–H groups in total. The second-order valence-electron chi connectivity index (χ2n) is 9.17. The van der Waals surface area contributed by atoms with Crippen LogP contribution >= 0.6 is 11.8 Å². The van der Waals surface area contributed by atoms with Gasteiger partial charge in [0.15, 0.2) is 28.7 Å². The van der Waals surface area contributed by atoms with E-state index < -0.39 is 11.9 Å². The third kappa shape index (κ3) is 6.34. The Hall–Kier alpha value is -3.14. The molecule has 4 rings (SSSR count). The molecule has 0 bridgehead atoms. The van der Waals surface area contributed by atoms with E-state index in [0.29, 0.717) is 49.6 Å². The van der Waals surface area contributed by atoms with Gasteiger partial charge in [0.05, 0.1) is 5.75 Å². The molecule has 0 spiro atoms. The number of aromatic nitrogens is 3. The monoisotopic (exact) mass is 515 g/mol. The fraction of sp³-hybridized carbons (Fsp3) is 0.423. The van der Waals surface area contributed by atoms with E-state index in [1.54, 1.807) is 30.3 Å². The number of anilines is 1. The molecular weight excluding hydrogens is 484 g/mol. The second kappa shape index (κ2) is 11.7. The Balaban J connectivity index is 1.37. The highest BCUT2D eigenvalue weighted by Gasteiger charge is 2.24. The highest BCUT2D eigenvalue weighted by Crippen LogP contribution is 2.27. The molecule has 2 aromatic carbocycles. The summed E-state index contributed by atoms with van der Waals surface area (Å²) < 4.78 is 35.1. The minimum atomic E-state index is -0.516. The van der Waals surface area contributed by atoms with Gasteiger partial charge in [-0.05, 0) is 49.2 Å². The molecule has 1 aliphatic heterocycles. The Kier molecular flexibility index (Phi) is 8.45. The van der Waals surface area contributed by atoms with Crippen LogP contribution in [-0.2, 0) is 11.3 Å². The molecule has 1 fully saturated rings. The van der Waals surface area contributed by atoms with Crippen molar-refractivity contribution in [1.29, 1.82) is 0 Å². The Morgan fingerprint density at radius 3 is 2.36 bits per heavy atom. The van der Waals surface area contributed by atoms with Crippen LogP contribution in [0.3, 0.4) is 0 Å². The predicted molar refractivity (Wildman–Crippen MR) is 136 cm³/mol. The number of ether oxygens (including phenoxy) is 1. The van der Waals surface area contributed by atoms with Crippen molar-refractivity contribution in [2.24, 2.45) is 5.92 Å². The summed E-state index contributed by atoms with van der Waals surface area (Å²) in [6.45, 7) is 9.25. The number of carbonyl (C=O) groups excluding carboxylic acids is 1. The zero-order valence-electron chi connectivity index (χ0n) is 20.7. The first-order chi connectivity index (χ1) is 17.3. The lowest BCUT2D eigenvalue weighted by Gasteiger charge is -2.36. The molecule has 1 unspecified atom stereocenters. The van der Waals surface area contributed by atoms with E-state index in [0.717, 1.165) is 5.69 Å². The Morgan fingerprint density at radius 1 is 1.00 bits per heavy atom. The number of thioether (sulfide) groups is 1. The average molecular weight is 516 g/mol. The average Bonchev–Trinajstić information content (AvgIpc) is 3.26. The quantitative estimate of drug-likeness (QED) is 0.382. The summed E-state index contributed by atoms with van der Waals surface area (Å²) >= 11 is 1.35. The van der Waals surface area contributed by atoms with Crippen LogP contribution in [0.15, 0.2) is 53.7 Å². The third-order valence-electron chi connectivity index (χ3n) is 5.95. The fourth-order valence-electron chi connectivity index (χ4n) is 4.11. The summed E-state index contributed by atoms with van der Waals surface area (Å²) in [6.07, 6.45) is -0.516. The van der Waals surface area contributed by atoms with Crippen molar-refractivity contribution in [3.63, 3.8) is 0 Å². The maximum absolute atomic E-state index is 14.1. The zero-order chi connectivity index (χ0) is 25.7. The van der Waals surface area contributed by atoms with Gasteiger partial charge in [0.1, 0.15) is 5.82 Å². The van der Waals surface area contributed by atoms with Crippen LogP contribution in [0.4, 0.5) is 14.5 Å². The standard InChI is InChI=1S/C26H31F2N5O2S/c1-18(2)16-33-25(19(3)35-23-7-5-4-6-22(23)28)29-30-26(33)36-17-24(34)32-14-12-31(13-15-32)21-10-8-20(27)9-11-21/h4-11,18-19H,12-17H2,1-3H3. The SMILES string of the molecule is CC(C)Cn1c(SCC(=O)N2CCN(c3ccc(F)cc3)CC2)nnc1C(C)Oc1ccccc1F. The number of rotatable bonds is 9. The number of carbonyl (C=O) groups is 1. The number of para-hydroxylation sites is 1. The lowest BCUT2D eigenvalue weighted by molar-refractivity contribution is -0.128. The van der Waals surface area contributed by atoms with Crippen molar-refractivity contribution in [3.05, 3.63) is 66.0 Å². The molecule has 1 aliphatic rings. The summed E-state index contributed by atoms with van der Waals surface area (Å²) in [6, 6.07) is 12.7. The lowest BCUT2D eigenvalue weighted by atomic mass is 10.2. The Morgan fingerprint density at radius 2 is 1.69 bits per heavy atom. The zero-order valence-corrected chi connectivity index (χ0v) is 21.5. The second-order valence-corrected chi connectivity index (χ2v) is 10.1. The number of benzene rings is 2. The smallest absolute Gasteiger partial charge is 0.233 e. The van der Waals surface area contributed by atoms with E-state index in [4.69, 9.17) is 4.74 Å². The normalized spacial score (nSPS) is 14.8. The van der Waals surface area contributed by atoms with Crippen LogP contribution < -0.4 is 9.64 Å². The molecular formula is C26H31F2N5O2S. The summed E-state index contributed by atoms with van der Waals surface area (Å²) in [7, 11) is 0. The van der Waals surface area contributed by atoms with E-state index in [9.17, 15) is 13.6 Å². The molecule has 1 saturated heterocycles. The third-order valence-corrected chi connectivity index (χ3v) is 6.90. The fourth-order valence-corrected chi connectivity index (χ4v) is 4.97.